The zero-order valence-electron chi connectivity index (χ0n) is 11.4. The van der Waals surface area contributed by atoms with E-state index in [1.54, 1.807) is 0 Å². The normalized spacial score (nSPS) is 11.2. The van der Waals surface area contributed by atoms with Crippen LogP contribution in [0.25, 0.3) is 0 Å². The molecular formula is C15H14O5S. The molecule has 0 aromatic heterocycles. The average molecular weight is 306 g/mol. The molecule has 1 N–H and O–H groups in total. The SMILES string of the molecule is C#CCC(CC#C)(C(=O)O)S(=O)(=O)c1ccc(OC)cc1. The van der Waals surface area contributed by atoms with Crippen LogP contribution in [0.2, 0.25) is 0 Å². The minimum absolute atomic E-state index is 0.170. The van der Waals surface area contributed by atoms with Crippen molar-refractivity contribution in [3.63, 3.8) is 0 Å². The van der Waals surface area contributed by atoms with Gasteiger partial charge in [-0.2, -0.15) is 0 Å². The number of methoxy groups -OCH3 is 1. The van der Waals surface area contributed by atoms with Crippen molar-refractivity contribution in [1.82, 2.24) is 0 Å². The van der Waals surface area contributed by atoms with Crippen LogP contribution >= 0.6 is 0 Å². The fourth-order valence-corrected chi connectivity index (χ4v) is 3.55. The van der Waals surface area contributed by atoms with Crippen molar-refractivity contribution >= 4 is 15.8 Å². The van der Waals surface area contributed by atoms with Gasteiger partial charge in [-0.3, -0.25) is 4.79 Å². The zero-order chi connectivity index (χ0) is 16.1. The fourth-order valence-electron chi connectivity index (χ4n) is 1.83. The maximum atomic E-state index is 12.7. The van der Waals surface area contributed by atoms with E-state index in [-0.39, 0.29) is 4.90 Å². The summed E-state index contributed by atoms with van der Waals surface area (Å²) in [4.78, 5) is 11.4. The zero-order valence-corrected chi connectivity index (χ0v) is 12.2. The number of hydrogen-bond donors (Lipinski definition) is 1. The predicted octanol–water partition coefficient (Wildman–Crippen LogP) is 1.34. The number of terminal acetylenes is 2. The molecule has 0 atom stereocenters. The van der Waals surface area contributed by atoms with Crippen molar-refractivity contribution in [3.8, 4) is 30.4 Å². The quantitative estimate of drug-likeness (QED) is 0.802. The van der Waals surface area contributed by atoms with Gasteiger partial charge in [-0.25, -0.2) is 8.42 Å². The van der Waals surface area contributed by atoms with E-state index < -0.39 is 33.4 Å². The number of ether oxygens (including phenoxy) is 1. The topological polar surface area (TPSA) is 80.7 Å². The Balaban J connectivity index is 3.50. The van der Waals surface area contributed by atoms with Crippen LogP contribution in [-0.2, 0) is 14.6 Å². The number of hydrogen-bond acceptors (Lipinski definition) is 4. The van der Waals surface area contributed by atoms with E-state index in [1.807, 2.05) is 0 Å². The highest BCUT2D eigenvalue weighted by Crippen LogP contribution is 2.33. The maximum Gasteiger partial charge on any atom is 0.327 e. The highest BCUT2D eigenvalue weighted by Gasteiger charge is 2.50. The molecule has 0 saturated carbocycles. The van der Waals surface area contributed by atoms with Crippen molar-refractivity contribution in [2.24, 2.45) is 0 Å². The van der Waals surface area contributed by atoms with E-state index in [2.05, 4.69) is 11.8 Å². The van der Waals surface area contributed by atoms with Crippen LogP contribution in [0.15, 0.2) is 29.2 Å². The molecule has 0 fully saturated rings. The smallest absolute Gasteiger partial charge is 0.327 e. The summed E-state index contributed by atoms with van der Waals surface area (Å²) < 4.78 is 28.0. The average Bonchev–Trinajstić information content (AvgIpc) is 2.46. The minimum Gasteiger partial charge on any atom is -0.497 e. The lowest BCUT2D eigenvalue weighted by Crippen LogP contribution is -2.46. The van der Waals surface area contributed by atoms with Gasteiger partial charge in [0.15, 0.2) is 14.6 Å². The Labute approximate surface area is 123 Å². The fraction of sp³-hybridized carbons (Fsp3) is 0.267. The minimum atomic E-state index is -4.25. The summed E-state index contributed by atoms with van der Waals surface area (Å²) in [6.07, 6.45) is 9.25. The van der Waals surface area contributed by atoms with Crippen LogP contribution < -0.4 is 4.74 Å². The van der Waals surface area contributed by atoms with Gasteiger partial charge < -0.3 is 9.84 Å². The van der Waals surface area contributed by atoms with Gasteiger partial charge in [0.05, 0.1) is 12.0 Å². The number of benzene rings is 1. The molecule has 0 unspecified atom stereocenters. The van der Waals surface area contributed by atoms with Crippen molar-refractivity contribution in [1.29, 1.82) is 0 Å². The first-order valence-electron chi connectivity index (χ1n) is 5.84. The van der Waals surface area contributed by atoms with E-state index in [0.29, 0.717) is 5.75 Å². The van der Waals surface area contributed by atoms with Gasteiger partial charge in [0.2, 0.25) is 0 Å². The Kier molecular flexibility index (Phi) is 5.02. The molecule has 5 nitrogen and oxygen atoms in total. The van der Waals surface area contributed by atoms with Gasteiger partial charge in [0, 0.05) is 12.8 Å². The van der Waals surface area contributed by atoms with Crippen LogP contribution in [-0.4, -0.2) is 31.4 Å². The van der Waals surface area contributed by atoms with Gasteiger partial charge in [-0.1, -0.05) is 0 Å². The van der Waals surface area contributed by atoms with Gasteiger partial charge in [0.1, 0.15) is 5.75 Å². The van der Waals surface area contributed by atoms with Crippen molar-refractivity contribution in [3.05, 3.63) is 24.3 Å². The van der Waals surface area contributed by atoms with E-state index in [1.165, 1.54) is 31.4 Å². The molecular weight excluding hydrogens is 292 g/mol. The van der Waals surface area contributed by atoms with E-state index in [9.17, 15) is 18.3 Å². The molecule has 0 bridgehead atoms. The predicted molar refractivity (Wildman–Crippen MR) is 77.4 cm³/mol. The second-order valence-corrected chi connectivity index (χ2v) is 6.50. The highest BCUT2D eigenvalue weighted by atomic mass is 32.2. The molecule has 1 aromatic carbocycles. The third-order valence-electron chi connectivity index (χ3n) is 3.05. The summed E-state index contributed by atoms with van der Waals surface area (Å²) in [5, 5.41) is 9.39. The van der Waals surface area contributed by atoms with Gasteiger partial charge in [-0.05, 0) is 24.3 Å². The van der Waals surface area contributed by atoms with Gasteiger partial charge in [-0.15, -0.1) is 24.7 Å². The maximum absolute atomic E-state index is 12.7. The number of carboxylic acid groups (broad SMARTS) is 1. The molecule has 0 heterocycles. The van der Waals surface area contributed by atoms with Crippen LogP contribution in [0, 0.1) is 24.7 Å². The first kappa shape index (κ1) is 16.6. The first-order chi connectivity index (χ1) is 9.85. The third kappa shape index (κ3) is 2.86. The van der Waals surface area contributed by atoms with E-state index in [0.717, 1.165) is 0 Å². The molecule has 0 amide bonds. The van der Waals surface area contributed by atoms with E-state index >= 15 is 0 Å². The molecule has 21 heavy (non-hydrogen) atoms. The van der Waals surface area contributed by atoms with Crippen LogP contribution in [0.1, 0.15) is 12.8 Å². The van der Waals surface area contributed by atoms with Gasteiger partial charge >= 0.3 is 5.97 Å². The molecule has 0 aliphatic rings. The molecule has 0 aliphatic carbocycles. The third-order valence-corrected chi connectivity index (χ3v) is 5.43. The second-order valence-electron chi connectivity index (χ2n) is 4.24. The Morgan fingerprint density at radius 3 is 2.05 bits per heavy atom. The Hall–Kier alpha value is -2.44. The highest BCUT2D eigenvalue weighted by molar-refractivity contribution is 7.93. The summed E-state index contributed by atoms with van der Waals surface area (Å²) in [7, 11) is -2.82. The standard InChI is InChI=1S/C15H14O5S/c1-4-10-15(11-5-2,14(16)17)21(18,19)13-8-6-12(20-3)7-9-13/h1-2,6-9H,10-11H2,3H3,(H,16,17). The molecule has 6 heteroatoms. The Morgan fingerprint density at radius 2 is 1.71 bits per heavy atom. The largest absolute Gasteiger partial charge is 0.497 e. The first-order valence-corrected chi connectivity index (χ1v) is 7.33. The summed E-state index contributed by atoms with van der Waals surface area (Å²) in [6, 6.07) is 5.37. The monoisotopic (exact) mass is 306 g/mol. The number of aliphatic carboxylic acids is 1. The molecule has 110 valence electrons. The van der Waals surface area contributed by atoms with Gasteiger partial charge in [0.25, 0.3) is 0 Å². The lowest BCUT2D eigenvalue weighted by Gasteiger charge is -2.25. The van der Waals surface area contributed by atoms with Crippen molar-refractivity contribution in [2.45, 2.75) is 22.5 Å². The summed E-state index contributed by atoms with van der Waals surface area (Å²) in [5.74, 6) is 3.07. The van der Waals surface area contributed by atoms with Crippen LogP contribution in [0.4, 0.5) is 0 Å². The molecule has 0 saturated heterocycles. The molecule has 0 aliphatic heterocycles. The van der Waals surface area contributed by atoms with Crippen LogP contribution in [0.5, 0.6) is 5.75 Å². The Morgan fingerprint density at radius 1 is 1.24 bits per heavy atom. The molecule has 0 spiro atoms. The van der Waals surface area contributed by atoms with Crippen LogP contribution in [0.3, 0.4) is 0 Å². The van der Waals surface area contributed by atoms with E-state index in [4.69, 9.17) is 17.6 Å². The lowest BCUT2D eigenvalue weighted by atomic mass is 10.0. The summed E-state index contributed by atoms with van der Waals surface area (Å²) in [6.45, 7) is 0. The van der Waals surface area contributed by atoms with Crippen molar-refractivity contribution in [2.75, 3.05) is 7.11 Å². The van der Waals surface area contributed by atoms with Crippen molar-refractivity contribution < 1.29 is 23.1 Å². The number of rotatable bonds is 6. The molecule has 1 aromatic rings. The summed E-state index contributed by atoms with van der Waals surface area (Å²) in [5.41, 5.74) is 0. The Bertz CT molecular complexity index is 686. The summed E-state index contributed by atoms with van der Waals surface area (Å²) >= 11 is 0. The number of sulfone groups is 1. The molecule has 0 radical (unpaired) electrons. The molecule has 1 rings (SSSR count). The number of carboxylic acids is 1. The lowest BCUT2D eigenvalue weighted by molar-refractivity contribution is -0.139. The second kappa shape index (κ2) is 6.34. The number of carbonyl (C=O) groups is 1.